The van der Waals surface area contributed by atoms with Crippen molar-refractivity contribution in [1.29, 1.82) is 0 Å². The van der Waals surface area contributed by atoms with Crippen LogP contribution >= 0.6 is 11.8 Å². The van der Waals surface area contributed by atoms with E-state index in [1.165, 1.54) is 4.90 Å². The van der Waals surface area contributed by atoms with Crippen LogP contribution in [0.3, 0.4) is 0 Å². The van der Waals surface area contributed by atoms with E-state index in [1.54, 1.807) is 11.8 Å². The number of aliphatic hydroxyl groups is 1. The van der Waals surface area contributed by atoms with Crippen LogP contribution in [0.5, 0.6) is 0 Å². The topological polar surface area (TPSA) is 61.4 Å². The van der Waals surface area contributed by atoms with Crippen molar-refractivity contribution < 1.29 is 9.90 Å². The fourth-order valence-corrected chi connectivity index (χ4v) is 2.51. The van der Waals surface area contributed by atoms with Crippen LogP contribution < -0.4 is 10.6 Å². The zero-order chi connectivity index (χ0) is 15.0. The van der Waals surface area contributed by atoms with Crippen molar-refractivity contribution in [2.24, 2.45) is 5.92 Å². The van der Waals surface area contributed by atoms with E-state index >= 15 is 0 Å². The average Bonchev–Trinajstić information content (AvgIpc) is 2.45. The molecule has 0 heterocycles. The summed E-state index contributed by atoms with van der Waals surface area (Å²) in [5.74, 6) is 0.0527. The lowest BCUT2D eigenvalue weighted by molar-refractivity contribution is 0.200. The van der Waals surface area contributed by atoms with Gasteiger partial charge in [0.1, 0.15) is 0 Å². The molecule has 0 saturated carbocycles. The first-order chi connectivity index (χ1) is 9.52. The molecule has 3 N–H and O–H groups in total. The molecule has 3 atom stereocenters. The molecule has 112 valence electrons. The maximum Gasteiger partial charge on any atom is 0.315 e. The van der Waals surface area contributed by atoms with Gasteiger partial charge in [-0.3, -0.25) is 0 Å². The average molecular weight is 296 g/mol. The van der Waals surface area contributed by atoms with Crippen LogP contribution in [-0.4, -0.2) is 35.6 Å². The highest BCUT2D eigenvalue weighted by Gasteiger charge is 2.14. The van der Waals surface area contributed by atoms with Crippen LogP contribution in [0.15, 0.2) is 35.2 Å². The van der Waals surface area contributed by atoms with Crippen LogP contribution in [-0.2, 0) is 0 Å². The van der Waals surface area contributed by atoms with Gasteiger partial charge in [-0.05, 0) is 25.0 Å². The Morgan fingerprint density at radius 1 is 1.25 bits per heavy atom. The largest absolute Gasteiger partial charge is 0.396 e. The molecular formula is C15H24N2O2S. The van der Waals surface area contributed by atoms with E-state index in [1.807, 2.05) is 32.0 Å². The first kappa shape index (κ1) is 16.9. The summed E-state index contributed by atoms with van der Waals surface area (Å²) in [7, 11) is 0. The third-order valence-electron chi connectivity index (χ3n) is 3.13. The highest BCUT2D eigenvalue weighted by molar-refractivity contribution is 8.00. The monoisotopic (exact) mass is 296 g/mol. The Morgan fingerprint density at radius 2 is 1.90 bits per heavy atom. The molecule has 0 bridgehead atoms. The molecule has 1 rings (SSSR count). The molecule has 5 heteroatoms. The van der Waals surface area contributed by atoms with Gasteiger partial charge in [0.25, 0.3) is 0 Å². The summed E-state index contributed by atoms with van der Waals surface area (Å²) in [6.07, 6.45) is 0. The lowest BCUT2D eigenvalue weighted by Gasteiger charge is -2.20. The van der Waals surface area contributed by atoms with E-state index in [9.17, 15) is 4.79 Å². The van der Waals surface area contributed by atoms with Gasteiger partial charge in [0.2, 0.25) is 0 Å². The lowest BCUT2D eigenvalue weighted by atomic mass is 10.1. The van der Waals surface area contributed by atoms with Crippen molar-refractivity contribution in [2.45, 2.75) is 37.0 Å². The van der Waals surface area contributed by atoms with Crippen LogP contribution in [0.1, 0.15) is 20.8 Å². The van der Waals surface area contributed by atoms with Crippen molar-refractivity contribution in [3.8, 4) is 0 Å². The molecule has 0 aromatic heterocycles. The smallest absolute Gasteiger partial charge is 0.315 e. The highest BCUT2D eigenvalue weighted by atomic mass is 32.2. The SMILES string of the molecule is CC(CNC(=O)NC(C)C(C)CO)Sc1ccccc1. The maximum atomic E-state index is 11.7. The quantitative estimate of drug-likeness (QED) is 0.677. The predicted molar refractivity (Wildman–Crippen MR) is 84.0 cm³/mol. The summed E-state index contributed by atoms with van der Waals surface area (Å²) in [6.45, 7) is 6.55. The van der Waals surface area contributed by atoms with E-state index in [2.05, 4.69) is 29.7 Å². The molecule has 0 aliphatic rings. The summed E-state index contributed by atoms with van der Waals surface area (Å²) in [5, 5.41) is 15.0. The molecule has 1 aromatic rings. The first-order valence-corrected chi connectivity index (χ1v) is 7.77. The molecule has 1 aromatic carbocycles. The number of carbonyl (C=O) groups excluding carboxylic acids is 1. The Hall–Kier alpha value is -1.20. The lowest BCUT2D eigenvalue weighted by Crippen LogP contribution is -2.45. The molecular weight excluding hydrogens is 272 g/mol. The van der Waals surface area contributed by atoms with Crippen LogP contribution in [0.4, 0.5) is 4.79 Å². The van der Waals surface area contributed by atoms with E-state index in [4.69, 9.17) is 5.11 Å². The third kappa shape index (κ3) is 6.30. The Bertz CT molecular complexity index is 400. The molecule has 0 fully saturated rings. The van der Waals surface area contributed by atoms with Crippen molar-refractivity contribution in [3.63, 3.8) is 0 Å². The van der Waals surface area contributed by atoms with E-state index < -0.39 is 0 Å². The second-order valence-corrected chi connectivity index (χ2v) is 6.56. The van der Waals surface area contributed by atoms with Gasteiger partial charge < -0.3 is 15.7 Å². The van der Waals surface area contributed by atoms with Gasteiger partial charge in [0, 0.05) is 29.3 Å². The van der Waals surface area contributed by atoms with Gasteiger partial charge in [-0.1, -0.05) is 32.0 Å². The number of nitrogens with one attached hydrogen (secondary N) is 2. The number of thioether (sulfide) groups is 1. The standard InChI is InChI=1S/C15H24N2O2S/c1-11(10-18)13(3)17-15(19)16-9-12(2)20-14-7-5-4-6-8-14/h4-8,11-13,18H,9-10H2,1-3H3,(H2,16,17,19). The summed E-state index contributed by atoms with van der Waals surface area (Å²) in [6, 6.07) is 9.90. The number of rotatable bonds is 7. The van der Waals surface area contributed by atoms with Crippen LogP contribution in [0, 0.1) is 5.92 Å². The molecule has 0 radical (unpaired) electrons. The van der Waals surface area contributed by atoms with Gasteiger partial charge >= 0.3 is 6.03 Å². The number of amides is 2. The number of benzene rings is 1. The molecule has 2 amide bonds. The Balaban J connectivity index is 2.27. The molecule has 4 nitrogen and oxygen atoms in total. The van der Waals surface area contributed by atoms with Crippen molar-refractivity contribution in [2.75, 3.05) is 13.2 Å². The number of hydrogen-bond acceptors (Lipinski definition) is 3. The third-order valence-corrected chi connectivity index (χ3v) is 4.24. The first-order valence-electron chi connectivity index (χ1n) is 6.89. The van der Waals surface area contributed by atoms with Gasteiger partial charge in [-0.15, -0.1) is 11.8 Å². The number of urea groups is 1. The van der Waals surface area contributed by atoms with Crippen molar-refractivity contribution >= 4 is 17.8 Å². The van der Waals surface area contributed by atoms with Gasteiger partial charge in [0.05, 0.1) is 0 Å². The normalized spacial score (nSPS) is 15.2. The number of carbonyl (C=O) groups is 1. The van der Waals surface area contributed by atoms with E-state index in [0.717, 1.165) is 0 Å². The van der Waals surface area contributed by atoms with Crippen LogP contribution in [0.25, 0.3) is 0 Å². The molecule has 0 aliphatic carbocycles. The molecule has 0 aliphatic heterocycles. The summed E-state index contributed by atoms with van der Waals surface area (Å²) < 4.78 is 0. The fraction of sp³-hybridized carbons (Fsp3) is 0.533. The maximum absolute atomic E-state index is 11.7. The minimum atomic E-state index is -0.182. The zero-order valence-corrected chi connectivity index (χ0v) is 13.1. The van der Waals surface area contributed by atoms with Crippen molar-refractivity contribution in [1.82, 2.24) is 10.6 Å². The van der Waals surface area contributed by atoms with Crippen LogP contribution in [0.2, 0.25) is 0 Å². The minimum absolute atomic E-state index is 0.0444. The van der Waals surface area contributed by atoms with Gasteiger partial charge in [-0.2, -0.15) is 0 Å². The number of aliphatic hydroxyl groups excluding tert-OH is 1. The van der Waals surface area contributed by atoms with E-state index in [0.29, 0.717) is 11.8 Å². The molecule has 0 saturated heterocycles. The zero-order valence-electron chi connectivity index (χ0n) is 12.3. The fourth-order valence-electron chi connectivity index (χ4n) is 1.57. The van der Waals surface area contributed by atoms with E-state index in [-0.39, 0.29) is 24.6 Å². The van der Waals surface area contributed by atoms with Gasteiger partial charge in [-0.25, -0.2) is 4.79 Å². The minimum Gasteiger partial charge on any atom is -0.396 e. The second-order valence-electron chi connectivity index (χ2n) is 5.04. The van der Waals surface area contributed by atoms with Crippen molar-refractivity contribution in [3.05, 3.63) is 30.3 Å². The Labute approximate surface area is 125 Å². The summed E-state index contributed by atoms with van der Waals surface area (Å²) >= 11 is 1.73. The summed E-state index contributed by atoms with van der Waals surface area (Å²) in [5.41, 5.74) is 0. The molecule has 20 heavy (non-hydrogen) atoms. The molecule has 0 spiro atoms. The summed E-state index contributed by atoms with van der Waals surface area (Å²) in [4.78, 5) is 12.9. The number of hydrogen-bond donors (Lipinski definition) is 3. The Kier molecular flexibility index (Phi) is 7.47. The second kappa shape index (κ2) is 8.87. The Morgan fingerprint density at radius 3 is 2.50 bits per heavy atom. The highest BCUT2D eigenvalue weighted by Crippen LogP contribution is 2.21. The van der Waals surface area contributed by atoms with Gasteiger partial charge in [0.15, 0.2) is 0 Å². The molecule has 3 unspecified atom stereocenters. The predicted octanol–water partition coefficient (Wildman–Crippen LogP) is 2.48.